The highest BCUT2D eigenvalue weighted by Crippen LogP contribution is 2.40. The van der Waals surface area contributed by atoms with Gasteiger partial charge in [0.1, 0.15) is 0 Å². The zero-order valence-electron chi connectivity index (χ0n) is 14.4. The molecule has 2 rings (SSSR count). The molecule has 0 spiro atoms. The second-order valence-corrected chi connectivity index (χ2v) is 8.24. The van der Waals surface area contributed by atoms with E-state index in [9.17, 15) is 0 Å². The Labute approximate surface area is 127 Å². The fraction of sp³-hybridized carbons (Fsp3) is 1.00. The Balaban J connectivity index is 1.73. The van der Waals surface area contributed by atoms with E-state index >= 15 is 0 Å². The van der Waals surface area contributed by atoms with Crippen molar-refractivity contribution in [3.63, 3.8) is 0 Å². The first-order valence-electron chi connectivity index (χ1n) is 9.29. The Bertz CT molecular complexity index is 269. The molecule has 118 valence electrons. The molecule has 20 heavy (non-hydrogen) atoms. The van der Waals surface area contributed by atoms with E-state index in [1.807, 2.05) is 0 Å². The van der Waals surface area contributed by atoms with Crippen LogP contribution in [0.3, 0.4) is 0 Å². The molecule has 2 aliphatic carbocycles. The predicted octanol–water partition coefficient (Wildman–Crippen LogP) is 5.54. The van der Waals surface area contributed by atoms with E-state index in [-0.39, 0.29) is 0 Å². The van der Waals surface area contributed by atoms with Crippen molar-refractivity contribution in [2.75, 3.05) is 0 Å². The van der Waals surface area contributed by atoms with E-state index in [0.717, 1.165) is 23.9 Å². The molecular weight excluding hydrogens is 242 g/mol. The van der Waals surface area contributed by atoms with Gasteiger partial charge in [0.05, 0.1) is 0 Å². The maximum atomic E-state index is 3.98. The molecule has 2 fully saturated rings. The first-order chi connectivity index (χ1) is 9.53. The molecule has 1 nitrogen and oxygen atoms in total. The fourth-order valence-corrected chi connectivity index (χ4v) is 4.47. The van der Waals surface area contributed by atoms with Crippen LogP contribution in [0.25, 0.3) is 0 Å². The van der Waals surface area contributed by atoms with Crippen molar-refractivity contribution in [2.24, 2.45) is 17.3 Å². The molecule has 0 aliphatic heterocycles. The number of rotatable bonds is 5. The molecule has 0 aromatic carbocycles. The van der Waals surface area contributed by atoms with Crippen LogP contribution in [-0.4, -0.2) is 12.1 Å². The lowest BCUT2D eigenvalue weighted by atomic mass is 9.69. The molecule has 2 saturated carbocycles. The van der Waals surface area contributed by atoms with E-state index in [2.05, 4.69) is 33.0 Å². The Kier molecular flexibility index (Phi) is 5.95. The van der Waals surface area contributed by atoms with Gasteiger partial charge in [0.25, 0.3) is 0 Å². The van der Waals surface area contributed by atoms with Crippen LogP contribution in [0.5, 0.6) is 0 Å². The highest BCUT2D eigenvalue weighted by molar-refractivity contribution is 4.87. The van der Waals surface area contributed by atoms with E-state index in [1.54, 1.807) is 0 Å². The molecule has 0 saturated heterocycles. The Hall–Kier alpha value is -0.0400. The lowest BCUT2D eigenvalue weighted by molar-refractivity contribution is 0.129. The molecule has 0 aromatic heterocycles. The van der Waals surface area contributed by atoms with Gasteiger partial charge in [-0.2, -0.15) is 0 Å². The van der Waals surface area contributed by atoms with E-state index in [0.29, 0.717) is 5.41 Å². The molecule has 0 unspecified atom stereocenters. The van der Waals surface area contributed by atoms with Gasteiger partial charge in [-0.05, 0) is 62.7 Å². The first-order valence-corrected chi connectivity index (χ1v) is 9.29. The van der Waals surface area contributed by atoms with Crippen molar-refractivity contribution in [2.45, 2.75) is 104 Å². The van der Waals surface area contributed by atoms with Crippen molar-refractivity contribution in [1.82, 2.24) is 5.32 Å². The Morgan fingerprint density at radius 1 is 0.950 bits per heavy atom. The van der Waals surface area contributed by atoms with Crippen LogP contribution in [0.2, 0.25) is 0 Å². The van der Waals surface area contributed by atoms with Crippen LogP contribution in [-0.2, 0) is 0 Å². The minimum Gasteiger partial charge on any atom is -0.311 e. The van der Waals surface area contributed by atoms with Gasteiger partial charge < -0.3 is 5.32 Å². The summed E-state index contributed by atoms with van der Waals surface area (Å²) in [6.45, 7) is 9.74. The Morgan fingerprint density at radius 2 is 1.55 bits per heavy atom. The van der Waals surface area contributed by atoms with Crippen molar-refractivity contribution in [1.29, 1.82) is 0 Å². The fourth-order valence-electron chi connectivity index (χ4n) is 4.47. The van der Waals surface area contributed by atoms with Crippen molar-refractivity contribution in [3.8, 4) is 0 Å². The lowest BCUT2D eigenvalue weighted by Gasteiger charge is -2.40. The van der Waals surface area contributed by atoms with E-state index < -0.39 is 0 Å². The summed E-state index contributed by atoms with van der Waals surface area (Å²) in [5, 5.41) is 3.98. The summed E-state index contributed by atoms with van der Waals surface area (Å²) in [4.78, 5) is 0. The minimum absolute atomic E-state index is 0.556. The lowest BCUT2D eigenvalue weighted by Crippen LogP contribution is -2.44. The van der Waals surface area contributed by atoms with Gasteiger partial charge in [0.2, 0.25) is 0 Å². The maximum absolute atomic E-state index is 3.98. The third-order valence-electron chi connectivity index (χ3n) is 6.60. The second-order valence-electron chi connectivity index (χ2n) is 8.24. The minimum atomic E-state index is 0.556. The van der Waals surface area contributed by atoms with E-state index in [4.69, 9.17) is 0 Å². The molecule has 0 amide bonds. The summed E-state index contributed by atoms with van der Waals surface area (Å²) in [5.74, 6) is 1.91. The number of nitrogens with one attached hydrogen (secondary N) is 1. The monoisotopic (exact) mass is 279 g/mol. The molecule has 1 N–H and O–H groups in total. The van der Waals surface area contributed by atoms with Crippen molar-refractivity contribution < 1.29 is 0 Å². The van der Waals surface area contributed by atoms with Crippen LogP contribution in [0.15, 0.2) is 0 Å². The van der Waals surface area contributed by atoms with Gasteiger partial charge in [0, 0.05) is 12.1 Å². The topological polar surface area (TPSA) is 12.0 Å². The van der Waals surface area contributed by atoms with Gasteiger partial charge in [0.15, 0.2) is 0 Å². The third kappa shape index (κ3) is 4.23. The van der Waals surface area contributed by atoms with Crippen LogP contribution in [0.1, 0.15) is 91.9 Å². The SMILES string of the molecule is CCC(C)(C)C1CCC(N[C@H](C)C2CCCCC2)CC1. The molecule has 0 bridgehead atoms. The third-order valence-corrected chi connectivity index (χ3v) is 6.60. The molecule has 0 aromatic rings. The van der Waals surface area contributed by atoms with Crippen LogP contribution in [0, 0.1) is 17.3 Å². The summed E-state index contributed by atoms with van der Waals surface area (Å²) >= 11 is 0. The second kappa shape index (κ2) is 7.29. The largest absolute Gasteiger partial charge is 0.311 e. The van der Waals surface area contributed by atoms with Crippen molar-refractivity contribution in [3.05, 3.63) is 0 Å². The highest BCUT2D eigenvalue weighted by Gasteiger charge is 2.32. The summed E-state index contributed by atoms with van der Waals surface area (Å²) in [5.41, 5.74) is 0.556. The number of hydrogen-bond acceptors (Lipinski definition) is 1. The van der Waals surface area contributed by atoms with Gasteiger partial charge in [-0.15, -0.1) is 0 Å². The molecule has 1 heteroatoms. The zero-order chi connectivity index (χ0) is 14.6. The maximum Gasteiger partial charge on any atom is 0.00698 e. The average Bonchev–Trinajstić information content (AvgIpc) is 2.48. The van der Waals surface area contributed by atoms with Crippen LogP contribution >= 0.6 is 0 Å². The van der Waals surface area contributed by atoms with Crippen LogP contribution in [0.4, 0.5) is 0 Å². The van der Waals surface area contributed by atoms with Gasteiger partial charge in [-0.3, -0.25) is 0 Å². The molecule has 2 aliphatic rings. The molecule has 0 radical (unpaired) electrons. The summed E-state index contributed by atoms with van der Waals surface area (Å²) in [6.07, 6.45) is 14.4. The van der Waals surface area contributed by atoms with Crippen LogP contribution < -0.4 is 5.32 Å². The Morgan fingerprint density at radius 3 is 2.10 bits per heavy atom. The smallest absolute Gasteiger partial charge is 0.00698 e. The average molecular weight is 280 g/mol. The predicted molar refractivity (Wildman–Crippen MR) is 89.0 cm³/mol. The number of hydrogen-bond donors (Lipinski definition) is 1. The highest BCUT2D eigenvalue weighted by atomic mass is 15.0. The van der Waals surface area contributed by atoms with Gasteiger partial charge in [-0.25, -0.2) is 0 Å². The summed E-state index contributed by atoms with van der Waals surface area (Å²) in [7, 11) is 0. The van der Waals surface area contributed by atoms with E-state index in [1.165, 1.54) is 64.2 Å². The van der Waals surface area contributed by atoms with Gasteiger partial charge >= 0.3 is 0 Å². The summed E-state index contributed by atoms with van der Waals surface area (Å²) < 4.78 is 0. The molecule has 1 atom stereocenters. The quantitative estimate of drug-likeness (QED) is 0.696. The summed E-state index contributed by atoms with van der Waals surface area (Å²) in [6, 6.07) is 1.55. The first kappa shape index (κ1) is 16.3. The van der Waals surface area contributed by atoms with Crippen molar-refractivity contribution >= 4 is 0 Å². The molecular formula is C19H37N. The van der Waals surface area contributed by atoms with Gasteiger partial charge in [-0.1, -0.05) is 46.5 Å². The standard InChI is InChI=1S/C19H37N/c1-5-19(3,4)17-11-13-18(14-12-17)20-15(2)16-9-7-6-8-10-16/h15-18,20H,5-14H2,1-4H3/t15-,17?,18?/m1/s1. The zero-order valence-corrected chi connectivity index (χ0v) is 14.4. The normalized spacial score (nSPS) is 31.2. The molecule has 0 heterocycles.